The first kappa shape index (κ1) is 18.1. The van der Waals surface area contributed by atoms with E-state index in [0.29, 0.717) is 19.8 Å². The van der Waals surface area contributed by atoms with E-state index in [9.17, 15) is 0 Å². The van der Waals surface area contributed by atoms with Gasteiger partial charge < -0.3 is 14.2 Å². The molecule has 5 rings (SSSR count). The highest BCUT2D eigenvalue weighted by Gasteiger charge is 2.28. The van der Waals surface area contributed by atoms with Gasteiger partial charge >= 0.3 is 0 Å². The number of rotatable bonds is 4. The van der Waals surface area contributed by atoms with E-state index in [1.54, 1.807) is 0 Å². The SMILES string of the molecule is CCOc1ccc(-n2c(-c3ccc4c(c3)OCCO4)c[n+]3c2CCCCC3)cc1. The summed E-state index contributed by atoms with van der Waals surface area (Å²) in [7, 11) is 0. The van der Waals surface area contributed by atoms with Crippen LogP contribution < -0.4 is 18.8 Å². The maximum absolute atomic E-state index is 5.84. The van der Waals surface area contributed by atoms with E-state index < -0.39 is 0 Å². The van der Waals surface area contributed by atoms with Crippen LogP contribution in [0, 0.1) is 0 Å². The van der Waals surface area contributed by atoms with Crippen LogP contribution in [0.25, 0.3) is 16.9 Å². The Morgan fingerprint density at radius 2 is 1.79 bits per heavy atom. The molecule has 0 bridgehead atoms. The summed E-state index contributed by atoms with van der Waals surface area (Å²) in [6.45, 7) is 4.96. The van der Waals surface area contributed by atoms with Gasteiger partial charge in [0.15, 0.2) is 17.2 Å². The van der Waals surface area contributed by atoms with E-state index in [4.69, 9.17) is 14.2 Å². The van der Waals surface area contributed by atoms with Crippen molar-refractivity contribution in [3.05, 3.63) is 54.5 Å². The summed E-state index contributed by atoms with van der Waals surface area (Å²) < 4.78 is 22.0. The van der Waals surface area contributed by atoms with Gasteiger partial charge in [-0.25, -0.2) is 4.57 Å². The van der Waals surface area contributed by atoms with Gasteiger partial charge in [0.1, 0.15) is 30.8 Å². The van der Waals surface area contributed by atoms with Crippen LogP contribution in [-0.2, 0) is 13.0 Å². The Hall–Kier alpha value is -2.95. The lowest BCUT2D eigenvalue weighted by molar-refractivity contribution is -0.702. The molecule has 0 N–H and O–H groups in total. The third kappa shape index (κ3) is 3.46. The van der Waals surface area contributed by atoms with Gasteiger partial charge in [0.2, 0.25) is 0 Å². The fourth-order valence-corrected chi connectivity index (χ4v) is 4.29. The van der Waals surface area contributed by atoms with Crippen LogP contribution in [0.5, 0.6) is 17.2 Å². The lowest BCUT2D eigenvalue weighted by atomic mass is 10.1. The highest BCUT2D eigenvalue weighted by Crippen LogP contribution is 2.36. The Labute approximate surface area is 171 Å². The summed E-state index contributed by atoms with van der Waals surface area (Å²) >= 11 is 0. The quantitative estimate of drug-likeness (QED) is 0.621. The first-order valence-corrected chi connectivity index (χ1v) is 10.6. The van der Waals surface area contributed by atoms with Crippen molar-refractivity contribution in [3.63, 3.8) is 0 Å². The molecule has 5 heteroatoms. The largest absolute Gasteiger partial charge is 0.494 e. The number of ether oxygens (including phenoxy) is 3. The molecule has 0 saturated carbocycles. The van der Waals surface area contributed by atoms with Crippen LogP contribution in [-0.4, -0.2) is 24.4 Å². The topological polar surface area (TPSA) is 36.5 Å². The number of aromatic nitrogens is 2. The van der Waals surface area contributed by atoms with Gasteiger partial charge in [-0.1, -0.05) is 0 Å². The fraction of sp³-hybridized carbons (Fsp3) is 0.375. The molecule has 0 radical (unpaired) electrons. The van der Waals surface area contributed by atoms with Gasteiger partial charge in [-0.15, -0.1) is 0 Å². The van der Waals surface area contributed by atoms with Gasteiger partial charge in [-0.05, 0) is 68.7 Å². The number of benzene rings is 2. The molecule has 0 amide bonds. The van der Waals surface area contributed by atoms with Crippen molar-refractivity contribution in [3.8, 4) is 34.2 Å². The van der Waals surface area contributed by atoms with Crippen molar-refractivity contribution in [2.24, 2.45) is 0 Å². The summed E-state index contributed by atoms with van der Waals surface area (Å²) in [5.74, 6) is 3.92. The third-order valence-electron chi connectivity index (χ3n) is 5.65. The average Bonchev–Trinajstić information content (AvgIpc) is 2.96. The average molecular weight is 391 g/mol. The van der Waals surface area contributed by atoms with Crippen LogP contribution in [0.1, 0.15) is 32.0 Å². The molecule has 1 aromatic heterocycles. The predicted molar refractivity (Wildman–Crippen MR) is 111 cm³/mol. The zero-order valence-electron chi connectivity index (χ0n) is 16.9. The van der Waals surface area contributed by atoms with Crippen LogP contribution in [0.15, 0.2) is 48.7 Å². The molecular formula is C24H27N2O3+. The Balaban J connectivity index is 1.63. The molecule has 5 nitrogen and oxygen atoms in total. The normalized spacial score (nSPS) is 15.5. The van der Waals surface area contributed by atoms with Crippen molar-refractivity contribution in [1.29, 1.82) is 0 Å². The Bertz CT molecular complexity index is 1010. The standard InChI is InChI=1S/C24H27N2O3/c1-2-27-20-10-8-19(9-11-20)26-21(17-25-13-5-3-4-6-24(25)26)18-7-12-22-23(16-18)29-15-14-28-22/h7-12,16-17H,2-6,13-15H2,1H3/q+1. The summed E-state index contributed by atoms with van der Waals surface area (Å²) in [5, 5.41) is 0. The highest BCUT2D eigenvalue weighted by atomic mass is 16.6. The van der Waals surface area contributed by atoms with Gasteiger partial charge in [0.05, 0.1) is 13.2 Å². The molecule has 0 unspecified atom stereocenters. The number of imidazole rings is 1. The number of aryl methyl sites for hydroxylation is 1. The highest BCUT2D eigenvalue weighted by molar-refractivity contribution is 5.66. The van der Waals surface area contributed by atoms with Crippen molar-refractivity contribution in [2.45, 2.75) is 39.2 Å². The lowest BCUT2D eigenvalue weighted by Crippen LogP contribution is -2.35. The number of hydrogen-bond donors (Lipinski definition) is 0. The van der Waals surface area contributed by atoms with Crippen molar-refractivity contribution in [2.75, 3.05) is 19.8 Å². The Morgan fingerprint density at radius 3 is 2.62 bits per heavy atom. The maximum Gasteiger partial charge on any atom is 0.262 e. The van der Waals surface area contributed by atoms with Crippen molar-refractivity contribution >= 4 is 0 Å². The van der Waals surface area contributed by atoms with E-state index >= 15 is 0 Å². The minimum absolute atomic E-state index is 0.599. The number of hydrogen-bond acceptors (Lipinski definition) is 3. The van der Waals surface area contributed by atoms with Crippen LogP contribution in [0.2, 0.25) is 0 Å². The summed E-state index contributed by atoms with van der Waals surface area (Å²) in [6.07, 6.45) is 7.11. The second-order valence-electron chi connectivity index (χ2n) is 7.56. The molecule has 29 heavy (non-hydrogen) atoms. The molecule has 0 fully saturated rings. The van der Waals surface area contributed by atoms with Gasteiger partial charge in [0.25, 0.3) is 5.82 Å². The molecule has 2 aromatic carbocycles. The molecule has 0 saturated heterocycles. The lowest BCUT2D eigenvalue weighted by Gasteiger charge is -2.18. The number of fused-ring (bicyclic) bond motifs is 2. The van der Waals surface area contributed by atoms with Crippen molar-refractivity contribution < 1.29 is 18.8 Å². The van der Waals surface area contributed by atoms with Gasteiger partial charge in [-0.2, -0.15) is 4.57 Å². The van der Waals surface area contributed by atoms with Crippen LogP contribution in [0.3, 0.4) is 0 Å². The molecule has 0 atom stereocenters. The molecule has 150 valence electrons. The molecule has 2 aliphatic rings. The fourth-order valence-electron chi connectivity index (χ4n) is 4.29. The van der Waals surface area contributed by atoms with E-state index in [0.717, 1.165) is 41.5 Å². The molecular weight excluding hydrogens is 364 g/mol. The minimum Gasteiger partial charge on any atom is -0.494 e. The maximum atomic E-state index is 5.84. The molecule has 0 aliphatic carbocycles. The van der Waals surface area contributed by atoms with E-state index in [1.807, 2.05) is 13.0 Å². The summed E-state index contributed by atoms with van der Waals surface area (Å²) in [4.78, 5) is 0. The van der Waals surface area contributed by atoms with Gasteiger partial charge in [0, 0.05) is 12.0 Å². The molecule has 3 aromatic rings. The number of nitrogens with zero attached hydrogens (tertiary/aromatic N) is 2. The predicted octanol–water partition coefficient (Wildman–Crippen LogP) is 4.33. The Morgan fingerprint density at radius 1 is 0.966 bits per heavy atom. The van der Waals surface area contributed by atoms with E-state index in [-0.39, 0.29) is 0 Å². The molecule has 0 spiro atoms. The minimum atomic E-state index is 0.599. The zero-order valence-corrected chi connectivity index (χ0v) is 16.9. The Kier molecular flexibility index (Phi) is 4.88. The van der Waals surface area contributed by atoms with E-state index in [2.05, 4.69) is 51.7 Å². The van der Waals surface area contributed by atoms with E-state index in [1.165, 1.54) is 30.8 Å². The van der Waals surface area contributed by atoms with Crippen LogP contribution in [0.4, 0.5) is 0 Å². The monoisotopic (exact) mass is 391 g/mol. The second-order valence-corrected chi connectivity index (χ2v) is 7.56. The summed E-state index contributed by atoms with van der Waals surface area (Å²) in [5.41, 5.74) is 3.49. The van der Waals surface area contributed by atoms with Crippen molar-refractivity contribution in [1.82, 2.24) is 4.57 Å². The molecule has 3 heterocycles. The first-order chi connectivity index (χ1) is 14.3. The molecule has 2 aliphatic heterocycles. The first-order valence-electron chi connectivity index (χ1n) is 10.6. The zero-order chi connectivity index (χ0) is 19.6. The van der Waals surface area contributed by atoms with Gasteiger partial charge in [-0.3, -0.25) is 0 Å². The smallest absolute Gasteiger partial charge is 0.262 e. The van der Waals surface area contributed by atoms with Crippen LogP contribution >= 0.6 is 0 Å². The second kappa shape index (κ2) is 7.82. The third-order valence-corrected chi connectivity index (χ3v) is 5.65. The summed E-state index contributed by atoms with van der Waals surface area (Å²) in [6, 6.07) is 14.7.